The zero-order chi connectivity index (χ0) is 24.8. The quantitative estimate of drug-likeness (QED) is 0.439. The van der Waals surface area contributed by atoms with Gasteiger partial charge >= 0.3 is 0 Å². The van der Waals surface area contributed by atoms with Gasteiger partial charge in [-0.15, -0.1) is 24.8 Å². The van der Waals surface area contributed by atoms with E-state index in [1.54, 1.807) is 23.0 Å². The molecule has 2 aromatic carbocycles. The first-order chi connectivity index (χ1) is 17.0. The molecule has 37 heavy (non-hydrogen) atoms. The van der Waals surface area contributed by atoms with E-state index >= 15 is 0 Å². The molecule has 2 aliphatic heterocycles. The Kier molecular flexibility index (Phi) is 11.6. The third-order valence-electron chi connectivity index (χ3n) is 6.41. The summed E-state index contributed by atoms with van der Waals surface area (Å²) >= 11 is 0. The van der Waals surface area contributed by atoms with Crippen LogP contribution in [0.15, 0.2) is 36.4 Å². The van der Waals surface area contributed by atoms with Crippen molar-refractivity contribution in [1.82, 2.24) is 20.7 Å². The number of nitriles is 1. The molecule has 0 radical (unpaired) electrons. The smallest absolute Gasteiger partial charge is 0.250 e. The molecule has 2 aromatic rings. The molecule has 0 saturated carbocycles. The Hall–Kier alpha value is -2.87. The summed E-state index contributed by atoms with van der Waals surface area (Å²) < 4.78 is 5.81. The minimum absolute atomic E-state index is 0. The first kappa shape index (κ1) is 30.4. The summed E-state index contributed by atoms with van der Waals surface area (Å²) in [5, 5.41) is 19.3. The number of hydrogen-bond acceptors (Lipinski definition) is 7. The number of nitrogens with zero attached hydrogens (tertiary/aromatic N) is 4. The summed E-state index contributed by atoms with van der Waals surface area (Å²) in [4.78, 5) is 27.7. The van der Waals surface area contributed by atoms with E-state index in [4.69, 9.17) is 4.74 Å². The highest BCUT2D eigenvalue weighted by atomic mass is 35.5. The molecule has 9 nitrogen and oxygen atoms in total. The highest BCUT2D eigenvalue weighted by Crippen LogP contribution is 2.37. The van der Waals surface area contributed by atoms with Crippen molar-refractivity contribution in [2.75, 3.05) is 51.3 Å². The SMILES string of the molecule is CCNCCN(C(=O)CNCC(=O)N(C)N1Cc2ccccc2C1)c1cc(C#N)cc2c1OCC2.Cl.Cl. The molecule has 4 rings (SSSR count). The van der Waals surface area contributed by atoms with E-state index in [2.05, 4.69) is 28.8 Å². The van der Waals surface area contributed by atoms with Gasteiger partial charge in [0.15, 0.2) is 0 Å². The van der Waals surface area contributed by atoms with Crippen molar-refractivity contribution in [3.63, 3.8) is 0 Å². The van der Waals surface area contributed by atoms with E-state index in [0.717, 1.165) is 12.1 Å². The number of ether oxygens (including phenoxy) is 1. The van der Waals surface area contributed by atoms with Gasteiger partial charge in [0.25, 0.3) is 5.91 Å². The predicted octanol–water partition coefficient (Wildman–Crippen LogP) is 2.26. The number of carbonyl (C=O) groups is 2. The highest BCUT2D eigenvalue weighted by molar-refractivity contribution is 5.97. The average molecular weight is 550 g/mol. The van der Waals surface area contributed by atoms with E-state index in [-0.39, 0.29) is 49.7 Å². The lowest BCUT2D eigenvalue weighted by molar-refractivity contribution is -0.145. The fraction of sp³-hybridized carbons (Fsp3) is 0.423. The van der Waals surface area contributed by atoms with Crippen LogP contribution in [0.1, 0.15) is 29.2 Å². The molecule has 0 spiro atoms. The largest absolute Gasteiger partial charge is 0.491 e. The van der Waals surface area contributed by atoms with Crippen LogP contribution < -0.4 is 20.3 Å². The van der Waals surface area contributed by atoms with Crippen LogP contribution in [-0.4, -0.2) is 68.2 Å². The maximum absolute atomic E-state index is 13.3. The van der Waals surface area contributed by atoms with Crippen molar-refractivity contribution in [3.05, 3.63) is 58.7 Å². The van der Waals surface area contributed by atoms with E-state index in [1.807, 2.05) is 30.1 Å². The number of benzene rings is 2. The van der Waals surface area contributed by atoms with Gasteiger partial charge in [0.2, 0.25) is 5.91 Å². The maximum Gasteiger partial charge on any atom is 0.250 e. The third-order valence-corrected chi connectivity index (χ3v) is 6.41. The Morgan fingerprint density at radius 2 is 1.73 bits per heavy atom. The minimum atomic E-state index is -0.181. The second kappa shape index (κ2) is 14.2. The number of hydrogen-bond donors (Lipinski definition) is 2. The van der Waals surface area contributed by atoms with Gasteiger partial charge in [-0.05, 0) is 29.8 Å². The Labute approximate surface area is 230 Å². The second-order valence-electron chi connectivity index (χ2n) is 8.71. The molecule has 0 fully saturated rings. The fourth-order valence-corrected chi connectivity index (χ4v) is 4.47. The highest BCUT2D eigenvalue weighted by Gasteiger charge is 2.27. The monoisotopic (exact) mass is 548 g/mol. The number of fused-ring (bicyclic) bond motifs is 2. The summed E-state index contributed by atoms with van der Waals surface area (Å²) in [6.07, 6.45) is 0.715. The number of carbonyl (C=O) groups excluding carboxylic acids is 2. The summed E-state index contributed by atoms with van der Waals surface area (Å²) in [6.45, 7) is 5.78. The van der Waals surface area contributed by atoms with Crippen LogP contribution in [-0.2, 0) is 29.1 Å². The number of hydrazine groups is 1. The average Bonchev–Trinajstić information content (AvgIpc) is 3.52. The van der Waals surface area contributed by atoms with Crippen LogP contribution in [0.4, 0.5) is 5.69 Å². The fourth-order valence-electron chi connectivity index (χ4n) is 4.47. The van der Waals surface area contributed by atoms with Gasteiger partial charge in [-0.3, -0.25) is 19.9 Å². The molecule has 200 valence electrons. The van der Waals surface area contributed by atoms with Crippen LogP contribution in [0, 0.1) is 11.3 Å². The van der Waals surface area contributed by atoms with Crippen LogP contribution in [0.3, 0.4) is 0 Å². The molecule has 0 atom stereocenters. The maximum atomic E-state index is 13.3. The summed E-state index contributed by atoms with van der Waals surface area (Å²) in [7, 11) is 1.76. The van der Waals surface area contributed by atoms with Crippen LogP contribution in [0.5, 0.6) is 5.75 Å². The molecule has 2 N–H and O–H groups in total. The van der Waals surface area contributed by atoms with Gasteiger partial charge in [0.1, 0.15) is 5.75 Å². The number of rotatable bonds is 10. The van der Waals surface area contributed by atoms with E-state index in [1.165, 1.54) is 11.1 Å². The summed E-state index contributed by atoms with van der Waals surface area (Å²) in [5.41, 5.74) is 4.50. The molecular formula is C26H34Cl2N6O3. The van der Waals surface area contributed by atoms with Gasteiger partial charge in [-0.1, -0.05) is 31.2 Å². The van der Waals surface area contributed by atoms with Gasteiger partial charge in [0.05, 0.1) is 37.0 Å². The van der Waals surface area contributed by atoms with Crippen LogP contribution >= 0.6 is 24.8 Å². The van der Waals surface area contributed by atoms with Crippen molar-refractivity contribution in [1.29, 1.82) is 5.26 Å². The Morgan fingerprint density at radius 3 is 2.38 bits per heavy atom. The Bertz CT molecular complexity index is 1110. The standard InChI is InChI=1S/C26H32N6O3.2ClH/c1-3-28-9-10-32(23-13-19(14-27)12-20-8-11-35-26(20)23)25(34)16-29-15-24(33)30(2)31-17-21-6-4-5-7-22(21)18-31;;/h4-7,12-13,28-29H,3,8-11,15-18H2,1-2H3;2*1H. The molecule has 0 aliphatic carbocycles. The number of nitrogens with one attached hydrogen (secondary N) is 2. The van der Waals surface area contributed by atoms with Crippen molar-refractivity contribution in [2.45, 2.75) is 26.4 Å². The first-order valence-corrected chi connectivity index (χ1v) is 12.0. The lowest BCUT2D eigenvalue weighted by atomic mass is 10.1. The lowest BCUT2D eigenvalue weighted by Gasteiger charge is -2.28. The van der Waals surface area contributed by atoms with Gasteiger partial charge < -0.3 is 15.0 Å². The normalized spacial score (nSPS) is 13.3. The number of halogens is 2. The molecule has 2 aliphatic rings. The lowest BCUT2D eigenvalue weighted by Crippen LogP contribution is -2.47. The minimum Gasteiger partial charge on any atom is -0.491 e. The molecule has 0 aromatic heterocycles. The number of amides is 2. The van der Waals surface area contributed by atoms with Crippen molar-refractivity contribution >= 4 is 42.3 Å². The molecular weight excluding hydrogens is 515 g/mol. The molecule has 2 amide bonds. The first-order valence-electron chi connectivity index (χ1n) is 12.0. The van der Waals surface area contributed by atoms with Crippen LogP contribution in [0.25, 0.3) is 0 Å². The number of anilines is 1. The van der Waals surface area contributed by atoms with Gasteiger partial charge in [-0.2, -0.15) is 5.26 Å². The molecule has 0 bridgehead atoms. The number of likely N-dealkylation sites (N-methyl/N-ethyl adjacent to an activating group) is 2. The Morgan fingerprint density at radius 1 is 1.05 bits per heavy atom. The van der Waals surface area contributed by atoms with Crippen LogP contribution in [0.2, 0.25) is 0 Å². The van der Waals surface area contributed by atoms with E-state index in [9.17, 15) is 14.9 Å². The van der Waals surface area contributed by atoms with E-state index < -0.39 is 0 Å². The van der Waals surface area contributed by atoms with Crippen molar-refractivity contribution in [3.8, 4) is 11.8 Å². The Balaban J connectivity index is 0.00000241. The zero-order valence-corrected chi connectivity index (χ0v) is 22.8. The predicted molar refractivity (Wildman–Crippen MR) is 147 cm³/mol. The summed E-state index contributed by atoms with van der Waals surface area (Å²) in [5.74, 6) is 0.374. The summed E-state index contributed by atoms with van der Waals surface area (Å²) in [6, 6.07) is 13.9. The molecule has 0 saturated heterocycles. The van der Waals surface area contributed by atoms with Gasteiger partial charge in [-0.25, -0.2) is 5.01 Å². The van der Waals surface area contributed by atoms with E-state index in [0.29, 0.717) is 56.2 Å². The molecule has 11 heteroatoms. The topological polar surface area (TPSA) is 101 Å². The molecule has 0 unspecified atom stereocenters. The second-order valence-corrected chi connectivity index (χ2v) is 8.71. The van der Waals surface area contributed by atoms with Gasteiger partial charge in [0, 0.05) is 45.2 Å². The third kappa shape index (κ3) is 7.12. The zero-order valence-electron chi connectivity index (χ0n) is 21.2. The molecule has 2 heterocycles. The van der Waals surface area contributed by atoms with Crippen molar-refractivity contribution in [2.24, 2.45) is 0 Å². The van der Waals surface area contributed by atoms with Crippen molar-refractivity contribution < 1.29 is 14.3 Å².